The van der Waals surface area contributed by atoms with Crippen molar-refractivity contribution in [1.29, 1.82) is 0 Å². The van der Waals surface area contributed by atoms with Crippen LogP contribution in [0.25, 0.3) is 0 Å². The fraction of sp³-hybridized carbons (Fsp3) is 0.885. The first kappa shape index (κ1) is 35.0. The summed E-state index contributed by atoms with van der Waals surface area (Å²) < 4.78 is 24.0. The monoisotopic (exact) mass is 605 g/mol. The van der Waals surface area contributed by atoms with Crippen LogP contribution in [-0.4, -0.2) is 139 Å². The first-order valence-corrected chi connectivity index (χ1v) is 14.5. The van der Waals surface area contributed by atoms with Crippen LogP contribution in [0.15, 0.2) is 11.8 Å². The van der Waals surface area contributed by atoms with Gasteiger partial charge in [-0.25, -0.2) is 0 Å². The maximum atomic E-state index is 12.7. The summed E-state index contributed by atoms with van der Waals surface area (Å²) in [5, 5.41) is 52.3. The number of hydrogen-bond donors (Lipinski definition) is 11. The third kappa shape index (κ3) is 8.56. The summed E-state index contributed by atoms with van der Waals surface area (Å²) in [6.45, 7) is 3.91. The number of aliphatic hydroxyl groups excluding tert-OH is 3. The highest BCUT2D eigenvalue weighted by Crippen LogP contribution is 2.32. The minimum atomic E-state index is -1.44. The van der Waals surface area contributed by atoms with Crippen LogP contribution in [-0.2, 0) is 23.7 Å². The van der Waals surface area contributed by atoms with E-state index >= 15 is 0 Å². The van der Waals surface area contributed by atoms with Gasteiger partial charge >= 0.3 is 0 Å². The molecule has 16 heteroatoms. The molecule has 2 fully saturated rings. The molecule has 1 saturated carbocycles. The first-order valence-electron chi connectivity index (χ1n) is 14.5. The van der Waals surface area contributed by atoms with E-state index < -0.39 is 72.7 Å². The molecule has 0 spiro atoms. The van der Waals surface area contributed by atoms with E-state index in [0.717, 1.165) is 0 Å². The molecule has 3 aliphatic rings. The number of carbonyl (C=O) groups is 1. The van der Waals surface area contributed by atoms with Crippen molar-refractivity contribution in [3.8, 4) is 0 Å². The molecule has 0 unspecified atom stereocenters. The van der Waals surface area contributed by atoms with Gasteiger partial charge < -0.3 is 78.3 Å². The Labute approximate surface area is 246 Å². The van der Waals surface area contributed by atoms with Crippen molar-refractivity contribution in [3.05, 3.63) is 11.8 Å². The van der Waals surface area contributed by atoms with Crippen molar-refractivity contribution in [2.45, 2.75) is 112 Å². The number of carbonyl (C=O) groups excluding carboxylic acids is 1. The van der Waals surface area contributed by atoms with Crippen LogP contribution in [0.5, 0.6) is 0 Å². The zero-order chi connectivity index (χ0) is 31.2. The van der Waals surface area contributed by atoms with Crippen molar-refractivity contribution >= 4 is 5.91 Å². The molecule has 1 amide bonds. The summed E-state index contributed by atoms with van der Waals surface area (Å²) >= 11 is 0. The quantitative estimate of drug-likeness (QED) is 0.0937. The maximum absolute atomic E-state index is 12.7. The zero-order valence-electron chi connectivity index (χ0n) is 24.6. The number of nitrogens with two attached hydrogens (primary N) is 4. The van der Waals surface area contributed by atoms with Gasteiger partial charge in [0.25, 0.3) is 0 Å². The Hall–Kier alpha value is -1.51. The summed E-state index contributed by atoms with van der Waals surface area (Å²) in [6, 6.07) is -2.98. The number of amides is 1. The van der Waals surface area contributed by atoms with E-state index in [9.17, 15) is 25.2 Å². The second-order valence-electron chi connectivity index (χ2n) is 11.7. The van der Waals surface area contributed by atoms with Crippen LogP contribution < -0.4 is 38.9 Å². The van der Waals surface area contributed by atoms with Gasteiger partial charge in [-0.3, -0.25) is 4.79 Å². The summed E-state index contributed by atoms with van der Waals surface area (Å²) in [5.41, 5.74) is 22.3. The highest BCUT2D eigenvalue weighted by atomic mass is 16.7. The zero-order valence-corrected chi connectivity index (χ0v) is 24.6. The maximum Gasteiger partial charge on any atom is 0.249 e. The lowest BCUT2D eigenvalue weighted by Gasteiger charge is -2.49. The topological polar surface area (TPSA) is 275 Å². The van der Waals surface area contributed by atoms with E-state index in [1.165, 1.54) is 6.92 Å². The van der Waals surface area contributed by atoms with E-state index in [1.54, 1.807) is 7.05 Å². The van der Waals surface area contributed by atoms with Crippen LogP contribution in [0.2, 0.25) is 0 Å². The van der Waals surface area contributed by atoms with Crippen LogP contribution in [0.1, 0.15) is 33.1 Å². The van der Waals surface area contributed by atoms with Crippen molar-refractivity contribution < 1.29 is 44.2 Å². The molecular weight excluding hydrogens is 554 g/mol. The van der Waals surface area contributed by atoms with E-state index in [0.29, 0.717) is 18.7 Å². The molecule has 15 N–H and O–H groups in total. The summed E-state index contributed by atoms with van der Waals surface area (Å²) in [7, 11) is 1.58. The molecule has 0 bridgehead atoms. The lowest BCUT2D eigenvalue weighted by Crippen LogP contribution is -2.69. The Balaban J connectivity index is 1.84. The minimum Gasteiger partial charge on any atom is -0.467 e. The highest BCUT2D eigenvalue weighted by molar-refractivity contribution is 5.80. The minimum absolute atomic E-state index is 0.0274. The average molecular weight is 606 g/mol. The third-order valence-corrected chi connectivity index (χ3v) is 7.91. The predicted molar refractivity (Wildman–Crippen MR) is 151 cm³/mol. The highest BCUT2D eigenvalue weighted by Gasteiger charge is 2.52. The fourth-order valence-corrected chi connectivity index (χ4v) is 5.60. The third-order valence-electron chi connectivity index (χ3n) is 7.91. The van der Waals surface area contributed by atoms with E-state index in [1.807, 2.05) is 13.0 Å². The SMILES string of the molecule is CN[C@@H]1[C@@H](O)[C@@H](O[C@@H]2[C@@H](O)[C@H](O[C@H]3OC(CN)=CC[C@H]3NC[C@H](C)N)[C@@H](N)C[C@H]2NC(=O)[C@@H](O)CCN)OC[C@]1(C)O. The number of aliphatic hydroxyl groups is 4. The van der Waals surface area contributed by atoms with Crippen molar-refractivity contribution in [2.75, 3.05) is 33.3 Å². The molecule has 2 aliphatic heterocycles. The lowest BCUT2D eigenvalue weighted by atomic mass is 9.83. The Morgan fingerprint density at radius 3 is 2.50 bits per heavy atom. The van der Waals surface area contributed by atoms with Gasteiger partial charge in [0, 0.05) is 18.6 Å². The standard InChI is InChI=1S/C26H51N7O9/c1-12(29)10-32-15-5-4-13(9-28)40-24(15)41-20-14(30)8-16(33-23(37)17(34)6-7-27)21(18(20)35)42-25-19(36)22(31-3)26(2,38)11-39-25/h4,12,14-22,24-25,31-32,34-36,38H,5-11,27-30H2,1-3H3,(H,33,37)/t12-,14-,15+,16+,17-,18-,19+,20+,21-,22+,24+,25+,26-/m0/s1. The van der Waals surface area contributed by atoms with Crippen molar-refractivity contribution in [2.24, 2.45) is 22.9 Å². The average Bonchev–Trinajstić information content (AvgIpc) is 2.93. The van der Waals surface area contributed by atoms with Crippen LogP contribution in [0.4, 0.5) is 0 Å². The fourth-order valence-electron chi connectivity index (χ4n) is 5.60. The molecule has 13 atom stereocenters. The molecule has 1 saturated heterocycles. The van der Waals surface area contributed by atoms with E-state index in [2.05, 4.69) is 16.0 Å². The summed E-state index contributed by atoms with van der Waals surface area (Å²) in [6.07, 6.45) is -6.08. The number of ether oxygens (including phenoxy) is 4. The van der Waals surface area contributed by atoms with Gasteiger partial charge in [-0.2, -0.15) is 0 Å². The van der Waals surface area contributed by atoms with Gasteiger partial charge in [0.05, 0.1) is 31.3 Å². The molecule has 42 heavy (non-hydrogen) atoms. The van der Waals surface area contributed by atoms with Gasteiger partial charge in [-0.05, 0) is 52.8 Å². The Morgan fingerprint density at radius 2 is 1.88 bits per heavy atom. The van der Waals surface area contributed by atoms with E-state index in [4.69, 9.17) is 41.9 Å². The van der Waals surface area contributed by atoms with E-state index in [-0.39, 0.29) is 44.6 Å². The second kappa shape index (κ2) is 15.5. The molecule has 0 radical (unpaired) electrons. The van der Waals surface area contributed by atoms with Gasteiger partial charge in [0.1, 0.15) is 41.9 Å². The molecule has 0 aromatic heterocycles. The van der Waals surface area contributed by atoms with Gasteiger partial charge in [0.2, 0.25) is 12.2 Å². The normalized spacial score (nSPS) is 40.5. The summed E-state index contributed by atoms with van der Waals surface area (Å²) in [4.78, 5) is 12.7. The van der Waals surface area contributed by atoms with Crippen molar-refractivity contribution in [1.82, 2.24) is 16.0 Å². The molecule has 0 aromatic rings. The largest absolute Gasteiger partial charge is 0.467 e. The Bertz CT molecular complexity index is 898. The molecule has 1 aliphatic carbocycles. The second-order valence-corrected chi connectivity index (χ2v) is 11.7. The lowest BCUT2D eigenvalue weighted by molar-refractivity contribution is -0.304. The van der Waals surface area contributed by atoms with Crippen LogP contribution in [0.3, 0.4) is 0 Å². The number of nitrogens with one attached hydrogen (secondary N) is 3. The van der Waals surface area contributed by atoms with Gasteiger partial charge in [-0.15, -0.1) is 0 Å². The first-order chi connectivity index (χ1) is 19.8. The van der Waals surface area contributed by atoms with Crippen LogP contribution >= 0.6 is 0 Å². The Morgan fingerprint density at radius 1 is 1.19 bits per heavy atom. The number of hydrogen-bond acceptors (Lipinski definition) is 15. The predicted octanol–water partition coefficient (Wildman–Crippen LogP) is -5.01. The molecule has 3 rings (SSSR count). The molecule has 0 aromatic carbocycles. The van der Waals surface area contributed by atoms with Crippen LogP contribution in [0, 0.1) is 0 Å². The van der Waals surface area contributed by atoms with Crippen molar-refractivity contribution in [3.63, 3.8) is 0 Å². The number of rotatable bonds is 13. The molecule has 2 heterocycles. The Kier molecular flexibility index (Phi) is 12.9. The molecular formula is C26H51N7O9. The summed E-state index contributed by atoms with van der Waals surface area (Å²) in [5.74, 6) is -0.194. The van der Waals surface area contributed by atoms with Gasteiger partial charge in [-0.1, -0.05) is 0 Å². The van der Waals surface area contributed by atoms with Gasteiger partial charge in [0.15, 0.2) is 6.29 Å². The molecule has 244 valence electrons. The molecule has 16 nitrogen and oxygen atoms in total. The smallest absolute Gasteiger partial charge is 0.249 e. The number of likely N-dealkylation sites (N-methyl/N-ethyl adjacent to an activating group) is 1.